The van der Waals surface area contributed by atoms with E-state index >= 15 is 0 Å². The zero-order valence-electron chi connectivity index (χ0n) is 38.1. The maximum atomic E-state index is 7.10. The molecule has 2 atom stereocenters. The summed E-state index contributed by atoms with van der Waals surface area (Å²) in [5, 5.41) is 8.10. The molecule has 2 spiro atoms. The van der Waals surface area contributed by atoms with Crippen LogP contribution < -0.4 is 30.1 Å². The Bertz CT molecular complexity index is 3310. The van der Waals surface area contributed by atoms with Crippen molar-refractivity contribution in [1.29, 1.82) is 0 Å². The first-order valence-electron chi connectivity index (χ1n) is 23.9. The summed E-state index contributed by atoms with van der Waals surface area (Å²) in [4.78, 5) is 0. The number of rotatable bonds is 3. The summed E-state index contributed by atoms with van der Waals surface area (Å²) in [7, 11) is 0. The van der Waals surface area contributed by atoms with Gasteiger partial charge in [0.2, 0.25) is 0 Å². The lowest BCUT2D eigenvalue weighted by Crippen LogP contribution is -2.68. The van der Waals surface area contributed by atoms with Gasteiger partial charge in [-0.15, -0.1) is 0 Å². The van der Waals surface area contributed by atoms with Crippen LogP contribution in [0.2, 0.25) is 0 Å². The molecule has 0 saturated carbocycles. The van der Waals surface area contributed by atoms with Crippen molar-refractivity contribution in [2.45, 2.75) is 38.5 Å². The van der Waals surface area contributed by atoms with Gasteiger partial charge in [0, 0.05) is 82.1 Å². The van der Waals surface area contributed by atoms with E-state index in [1.165, 1.54) is 11.1 Å². The minimum atomic E-state index is -2.79. The van der Waals surface area contributed by atoms with Crippen LogP contribution in [0.5, 0.6) is 23.0 Å². The van der Waals surface area contributed by atoms with Crippen molar-refractivity contribution in [2.75, 3.05) is 0 Å². The Hall–Kier alpha value is -7.67. The molecule has 2 unspecified atom stereocenters. The summed E-state index contributed by atoms with van der Waals surface area (Å²) in [6.07, 6.45) is 0. The van der Waals surface area contributed by atoms with Gasteiger partial charge in [0.15, 0.2) is 12.1 Å². The van der Waals surface area contributed by atoms with Crippen molar-refractivity contribution in [3.8, 4) is 45.3 Å². The van der Waals surface area contributed by atoms with Crippen LogP contribution in [-0.2, 0) is 45.0 Å². The molecule has 70 heavy (non-hydrogen) atoms. The van der Waals surface area contributed by atoms with Gasteiger partial charge in [-0.2, -0.15) is 0 Å². The standard InChI is InChI=1S/C44H28B2O8.C14H16N2/c1-5-13-33-25(9-1)17-29-21-47-45-48-23-31-19-27-11-3-7-15-35(27)39(43(31)53-45)40-36-16-8-4-12-28(36)20-32-24-50-46(54-44(32)40)49-22-30-18-26-10-2-6-14-34(26)38(42(30)52-46)37(33)41(29)51-45;15-13(11-7-3-1-4-8-11)14(16)12-9-5-2-6-10-12/h1-20H,21-24H2;1-10,13-14H,15-16H2/q-2;/p+2. The first-order valence-corrected chi connectivity index (χ1v) is 23.9. The van der Waals surface area contributed by atoms with E-state index in [-0.39, 0.29) is 38.5 Å². The van der Waals surface area contributed by atoms with E-state index in [1.54, 1.807) is 0 Å². The molecule has 0 aliphatic carbocycles. The normalized spacial score (nSPS) is 17.1. The second kappa shape index (κ2) is 15.9. The quantitative estimate of drug-likeness (QED) is 0.168. The molecule has 10 aromatic rings. The van der Waals surface area contributed by atoms with E-state index in [1.807, 2.05) is 84.9 Å². The van der Waals surface area contributed by atoms with Crippen LogP contribution in [-0.4, -0.2) is 13.9 Å². The highest BCUT2D eigenvalue weighted by atomic mass is 16.9. The van der Waals surface area contributed by atoms with E-state index < -0.39 is 13.9 Å². The summed E-state index contributed by atoms with van der Waals surface area (Å²) >= 11 is 0. The van der Waals surface area contributed by atoms with Crippen molar-refractivity contribution in [1.82, 2.24) is 0 Å². The predicted molar refractivity (Wildman–Crippen MR) is 271 cm³/mol. The Morgan fingerprint density at radius 2 is 0.557 bits per heavy atom. The third-order valence-corrected chi connectivity index (χ3v) is 14.6. The van der Waals surface area contributed by atoms with Crippen molar-refractivity contribution in [2.24, 2.45) is 0 Å². The number of benzene rings is 10. The summed E-state index contributed by atoms with van der Waals surface area (Å²) in [6.45, 7) is -4.71. The molecule has 12 heteroatoms. The van der Waals surface area contributed by atoms with Crippen LogP contribution in [0.1, 0.15) is 45.5 Å². The Labute approximate surface area is 403 Å². The van der Waals surface area contributed by atoms with Crippen LogP contribution in [0.25, 0.3) is 65.3 Å². The van der Waals surface area contributed by atoms with Crippen LogP contribution in [0.15, 0.2) is 182 Å². The third-order valence-electron chi connectivity index (χ3n) is 14.6. The van der Waals surface area contributed by atoms with Crippen molar-refractivity contribution in [3.63, 3.8) is 0 Å². The van der Waals surface area contributed by atoms with Gasteiger partial charge in [-0.05, 0) is 67.4 Å². The maximum absolute atomic E-state index is 7.10. The van der Waals surface area contributed by atoms with E-state index in [0.29, 0.717) is 23.0 Å². The monoisotopic (exact) mass is 920 g/mol. The lowest BCUT2D eigenvalue weighted by atomic mass is 9.83. The van der Waals surface area contributed by atoms with E-state index in [9.17, 15) is 0 Å². The summed E-state index contributed by atoms with van der Waals surface area (Å²) in [5.41, 5.74) is 17.8. The Morgan fingerprint density at radius 1 is 0.314 bits per heavy atom. The predicted octanol–water partition coefficient (Wildman–Crippen LogP) is 10.8. The second-order valence-corrected chi connectivity index (χ2v) is 18.7. The van der Waals surface area contributed by atoms with Gasteiger partial charge in [0.25, 0.3) is 0 Å². The van der Waals surface area contributed by atoms with Crippen molar-refractivity contribution < 1.29 is 48.7 Å². The van der Waals surface area contributed by atoms with Gasteiger partial charge in [-0.3, -0.25) is 0 Å². The fraction of sp³-hybridized carbons (Fsp3) is 0.103. The summed E-state index contributed by atoms with van der Waals surface area (Å²) in [6, 6.07) is 62.8. The maximum Gasteiger partial charge on any atom is 0.652 e. The van der Waals surface area contributed by atoms with Gasteiger partial charge in [0.1, 0.15) is 0 Å². The molecule has 0 aromatic heterocycles. The molecular formula is C58H46B2N2O8. The molecule has 0 radical (unpaired) electrons. The summed E-state index contributed by atoms with van der Waals surface area (Å²) in [5.74, 6) is 2.49. The molecule has 5 aliphatic heterocycles. The smallest absolute Gasteiger partial charge is 0.634 e. The molecule has 5 aliphatic rings. The average Bonchev–Trinajstić information content (AvgIpc) is 3.41. The van der Waals surface area contributed by atoms with E-state index in [4.69, 9.17) is 37.2 Å². The topological polar surface area (TPSA) is 129 Å². The lowest BCUT2D eigenvalue weighted by molar-refractivity contribution is -0.540. The van der Waals surface area contributed by atoms with Crippen molar-refractivity contribution >= 4 is 57.0 Å². The van der Waals surface area contributed by atoms with Crippen molar-refractivity contribution in [3.05, 3.63) is 215 Å². The van der Waals surface area contributed by atoms with Gasteiger partial charge < -0.3 is 48.7 Å². The van der Waals surface area contributed by atoms with Crippen LogP contribution in [0.4, 0.5) is 0 Å². The fourth-order valence-corrected chi connectivity index (χ4v) is 11.1. The van der Waals surface area contributed by atoms with Crippen LogP contribution in [0.3, 0.4) is 0 Å². The molecular weight excluding hydrogens is 874 g/mol. The molecule has 0 amide bonds. The Balaban J connectivity index is 0.000000246. The fourth-order valence-electron chi connectivity index (χ4n) is 11.1. The highest BCUT2D eigenvalue weighted by Crippen LogP contribution is 2.56. The van der Waals surface area contributed by atoms with E-state index in [2.05, 4.69) is 109 Å². The SMILES string of the molecule is [NH3+]C(c1ccccc1)C([NH3+])c1ccccc1.c1ccc2c3c4c(cc2c1)CO[B-]1(OCc2cc5ccccc5c(c2O1)-c1c2c(cc5ccccc15)CO[B-]1(OCc5cc6ccccc6c-3c5O1)O2)O4. The van der Waals surface area contributed by atoms with E-state index in [0.717, 1.165) is 87.6 Å². The molecule has 10 nitrogen and oxygen atoms in total. The Kier molecular flexibility index (Phi) is 9.41. The first-order chi connectivity index (χ1) is 34.4. The molecule has 342 valence electrons. The van der Waals surface area contributed by atoms with Gasteiger partial charge in [0.05, 0.1) is 23.0 Å². The first kappa shape index (κ1) is 41.3. The zero-order chi connectivity index (χ0) is 46.6. The third kappa shape index (κ3) is 6.53. The number of fused-ring (bicyclic) bond motifs is 10. The molecule has 10 aromatic carbocycles. The number of hydrogen-bond acceptors (Lipinski definition) is 8. The molecule has 6 bridgehead atoms. The Morgan fingerprint density at radius 3 is 0.829 bits per heavy atom. The van der Waals surface area contributed by atoms with Gasteiger partial charge in [-0.1, -0.05) is 158 Å². The highest BCUT2D eigenvalue weighted by molar-refractivity contribution is 6.57. The summed E-state index contributed by atoms with van der Waals surface area (Å²) < 4.78 is 54.8. The molecule has 5 heterocycles. The van der Waals surface area contributed by atoms with Gasteiger partial charge >= 0.3 is 13.9 Å². The molecule has 0 fully saturated rings. The minimum Gasteiger partial charge on any atom is -0.634 e. The average molecular weight is 921 g/mol. The van der Waals surface area contributed by atoms with Gasteiger partial charge in [-0.25, -0.2) is 0 Å². The van der Waals surface area contributed by atoms with Crippen LogP contribution in [0, 0.1) is 0 Å². The molecule has 0 saturated heterocycles. The number of hydrogen-bond donors (Lipinski definition) is 2. The molecule has 6 N–H and O–H groups in total. The minimum absolute atomic E-state index is 0.198. The second-order valence-electron chi connectivity index (χ2n) is 18.7. The highest BCUT2D eigenvalue weighted by Gasteiger charge is 2.49. The lowest BCUT2D eigenvalue weighted by Gasteiger charge is -2.51. The molecule has 15 rings (SSSR count). The number of quaternary nitrogens is 2. The van der Waals surface area contributed by atoms with Crippen LogP contribution >= 0.6 is 0 Å². The zero-order valence-corrected chi connectivity index (χ0v) is 38.1. The largest absolute Gasteiger partial charge is 0.652 e.